The number of hydrogen-bond acceptors (Lipinski definition) is 3. The minimum Gasteiger partial charge on any atom is -0.384 e. The molecule has 1 aromatic rings. The topological polar surface area (TPSA) is 36.3 Å². The summed E-state index contributed by atoms with van der Waals surface area (Å²) in [7, 11) is 0.775. The van der Waals surface area contributed by atoms with Crippen molar-refractivity contribution < 1.29 is 9.47 Å². The Kier molecular flexibility index (Phi) is 5.40. The summed E-state index contributed by atoms with van der Waals surface area (Å²) < 4.78 is 13.2. The smallest absolute Gasteiger partial charge is 0.139 e. The highest BCUT2D eigenvalue weighted by atomic mass is 28.3. The minimum atomic E-state index is -1.00. The van der Waals surface area contributed by atoms with E-state index >= 15 is 0 Å². The molecule has 114 valence electrons. The Morgan fingerprint density at radius 1 is 1.40 bits per heavy atom. The molecule has 0 saturated heterocycles. The van der Waals surface area contributed by atoms with E-state index in [4.69, 9.17) is 9.47 Å². The van der Waals surface area contributed by atoms with E-state index in [9.17, 15) is 0 Å². The van der Waals surface area contributed by atoms with Crippen LogP contribution >= 0.6 is 0 Å². The fourth-order valence-corrected chi connectivity index (χ4v) is 3.48. The molecule has 1 aromatic heterocycles. The van der Waals surface area contributed by atoms with Crippen LogP contribution in [0.25, 0.3) is 0 Å². The van der Waals surface area contributed by atoms with Crippen molar-refractivity contribution in [1.82, 2.24) is 9.78 Å². The molecule has 20 heavy (non-hydrogen) atoms. The Bertz CT molecular complexity index is 426. The van der Waals surface area contributed by atoms with E-state index in [0.717, 1.165) is 19.6 Å². The summed E-state index contributed by atoms with van der Waals surface area (Å²) in [5, 5.41) is 4.51. The van der Waals surface area contributed by atoms with Crippen molar-refractivity contribution in [1.29, 1.82) is 0 Å². The van der Waals surface area contributed by atoms with Crippen LogP contribution in [0.2, 0.25) is 25.7 Å². The molecular formula is C15H28N2O2Si. The maximum Gasteiger partial charge on any atom is 0.139 e. The van der Waals surface area contributed by atoms with Gasteiger partial charge in [-0.25, -0.2) is 4.68 Å². The lowest BCUT2D eigenvalue weighted by Crippen LogP contribution is -2.22. The number of aromatic nitrogens is 2. The second-order valence-corrected chi connectivity index (χ2v) is 12.6. The van der Waals surface area contributed by atoms with Crippen LogP contribution in [0.4, 0.5) is 0 Å². The van der Waals surface area contributed by atoms with E-state index in [1.54, 1.807) is 7.11 Å². The van der Waals surface area contributed by atoms with Crippen molar-refractivity contribution in [3.05, 3.63) is 17.5 Å². The first-order chi connectivity index (χ1) is 9.51. The van der Waals surface area contributed by atoms with Gasteiger partial charge in [0.25, 0.3) is 0 Å². The van der Waals surface area contributed by atoms with Crippen LogP contribution in [0.3, 0.4) is 0 Å². The maximum atomic E-state index is 5.82. The van der Waals surface area contributed by atoms with E-state index in [-0.39, 0.29) is 0 Å². The summed E-state index contributed by atoms with van der Waals surface area (Å²) in [6.45, 7) is 9.38. The Labute approximate surface area is 123 Å². The highest BCUT2D eigenvalue weighted by Gasteiger charge is 2.24. The predicted molar refractivity (Wildman–Crippen MR) is 83.9 cm³/mol. The van der Waals surface area contributed by atoms with Crippen LogP contribution in [0, 0.1) is 0 Å². The highest BCUT2D eigenvalue weighted by molar-refractivity contribution is 6.76. The van der Waals surface area contributed by atoms with Crippen LogP contribution in [-0.4, -0.2) is 38.2 Å². The maximum absolute atomic E-state index is 5.82. The summed E-state index contributed by atoms with van der Waals surface area (Å²) in [5.41, 5.74) is 2.72. The zero-order chi connectivity index (χ0) is 14.6. The summed E-state index contributed by atoms with van der Waals surface area (Å²) in [6, 6.07) is 1.21. The molecule has 5 heteroatoms. The molecule has 0 aliphatic heterocycles. The van der Waals surface area contributed by atoms with Crippen molar-refractivity contribution in [2.24, 2.45) is 0 Å². The fraction of sp³-hybridized carbons (Fsp3) is 0.800. The Morgan fingerprint density at radius 2 is 2.20 bits per heavy atom. The average Bonchev–Trinajstić information content (AvgIpc) is 2.78. The molecule has 1 aliphatic rings. The van der Waals surface area contributed by atoms with Gasteiger partial charge in [-0.2, -0.15) is 5.10 Å². The van der Waals surface area contributed by atoms with Crippen LogP contribution in [0.1, 0.15) is 30.0 Å². The van der Waals surface area contributed by atoms with Gasteiger partial charge in [-0.05, 0) is 30.9 Å². The molecule has 0 N–H and O–H groups in total. The summed E-state index contributed by atoms with van der Waals surface area (Å²) >= 11 is 0. The van der Waals surface area contributed by atoms with Crippen LogP contribution in [0.5, 0.6) is 0 Å². The molecule has 1 unspecified atom stereocenters. The number of rotatable bonds is 7. The van der Waals surface area contributed by atoms with Crippen LogP contribution in [-0.2, 0) is 22.6 Å². The largest absolute Gasteiger partial charge is 0.384 e. The molecule has 0 aromatic carbocycles. The molecule has 0 radical (unpaired) electrons. The molecule has 0 spiro atoms. The van der Waals surface area contributed by atoms with Gasteiger partial charge in [-0.1, -0.05) is 19.6 Å². The van der Waals surface area contributed by atoms with Crippen LogP contribution in [0.15, 0.2) is 6.20 Å². The lowest BCUT2D eigenvalue weighted by atomic mass is 9.88. The molecule has 0 saturated carbocycles. The number of hydrogen-bond donors (Lipinski definition) is 0. The van der Waals surface area contributed by atoms with Gasteiger partial charge in [-0.15, -0.1) is 0 Å². The standard InChI is InChI=1S/C15H28N2O2Si/c1-18-11-13-6-5-7-15-14(13)10-16-17(15)12-19-8-9-20(2,3)4/h10,13H,5-9,11-12H2,1-4H3. The first-order valence-electron chi connectivity index (χ1n) is 7.62. The van der Waals surface area contributed by atoms with E-state index in [1.165, 1.54) is 30.1 Å². The molecular weight excluding hydrogens is 268 g/mol. The fourth-order valence-electron chi connectivity index (χ4n) is 2.73. The number of ether oxygens (including phenoxy) is 2. The quantitative estimate of drug-likeness (QED) is 0.572. The molecule has 0 fully saturated rings. The van der Waals surface area contributed by atoms with E-state index in [2.05, 4.69) is 24.7 Å². The van der Waals surface area contributed by atoms with E-state index < -0.39 is 8.07 Å². The zero-order valence-corrected chi connectivity index (χ0v) is 14.3. The van der Waals surface area contributed by atoms with Crippen LogP contribution < -0.4 is 0 Å². The SMILES string of the molecule is COCC1CCCc2c1cnn2COCC[Si](C)(C)C. The van der Waals surface area contributed by atoms with Gasteiger partial charge in [-0.3, -0.25) is 0 Å². The molecule has 0 bridgehead atoms. The molecule has 1 atom stereocenters. The number of methoxy groups -OCH3 is 1. The van der Waals surface area contributed by atoms with E-state index in [1.807, 2.05) is 10.9 Å². The lowest BCUT2D eigenvalue weighted by molar-refractivity contribution is 0.0758. The minimum absolute atomic E-state index is 0.513. The van der Waals surface area contributed by atoms with Gasteiger partial charge in [0.1, 0.15) is 6.73 Å². The second kappa shape index (κ2) is 6.87. The third-order valence-electron chi connectivity index (χ3n) is 3.96. The Morgan fingerprint density at radius 3 is 2.90 bits per heavy atom. The highest BCUT2D eigenvalue weighted by Crippen LogP contribution is 2.31. The van der Waals surface area contributed by atoms with Crippen molar-refractivity contribution >= 4 is 8.07 Å². The predicted octanol–water partition coefficient (Wildman–Crippen LogP) is 3.26. The molecule has 1 heterocycles. The monoisotopic (exact) mass is 296 g/mol. The van der Waals surface area contributed by atoms with E-state index in [0.29, 0.717) is 12.6 Å². The first-order valence-corrected chi connectivity index (χ1v) is 11.3. The number of nitrogens with zero attached hydrogens (tertiary/aromatic N) is 2. The third-order valence-corrected chi connectivity index (χ3v) is 5.67. The Hall–Kier alpha value is -0.653. The summed E-state index contributed by atoms with van der Waals surface area (Å²) in [5.74, 6) is 0.513. The van der Waals surface area contributed by atoms with Crippen molar-refractivity contribution in [3.63, 3.8) is 0 Å². The number of fused-ring (bicyclic) bond motifs is 1. The van der Waals surface area contributed by atoms with Gasteiger partial charge in [0.2, 0.25) is 0 Å². The van der Waals surface area contributed by atoms with Gasteiger partial charge < -0.3 is 9.47 Å². The molecule has 1 aliphatic carbocycles. The zero-order valence-electron chi connectivity index (χ0n) is 13.3. The molecule has 4 nitrogen and oxygen atoms in total. The Balaban J connectivity index is 1.90. The van der Waals surface area contributed by atoms with Gasteiger partial charge in [0.15, 0.2) is 0 Å². The summed E-state index contributed by atoms with van der Waals surface area (Å²) in [6.07, 6.45) is 5.57. The second-order valence-electron chi connectivity index (χ2n) is 6.94. The summed E-state index contributed by atoms with van der Waals surface area (Å²) in [4.78, 5) is 0. The molecule has 2 rings (SSSR count). The lowest BCUT2D eigenvalue weighted by Gasteiger charge is -2.22. The van der Waals surface area contributed by atoms with Gasteiger partial charge in [0, 0.05) is 33.4 Å². The normalized spacial score (nSPS) is 19.1. The van der Waals surface area contributed by atoms with Crippen molar-refractivity contribution in [3.8, 4) is 0 Å². The third kappa shape index (κ3) is 4.17. The van der Waals surface area contributed by atoms with Gasteiger partial charge in [0.05, 0.1) is 12.8 Å². The molecule has 0 amide bonds. The average molecular weight is 296 g/mol. The van der Waals surface area contributed by atoms with Crippen molar-refractivity contribution in [2.75, 3.05) is 20.3 Å². The van der Waals surface area contributed by atoms with Crippen molar-refractivity contribution in [2.45, 2.75) is 57.6 Å². The first kappa shape index (κ1) is 15.7. The van der Waals surface area contributed by atoms with Gasteiger partial charge >= 0.3 is 0 Å².